The lowest BCUT2D eigenvalue weighted by Gasteiger charge is -2.18. The van der Waals surface area contributed by atoms with Crippen LogP contribution in [0.3, 0.4) is 0 Å². The van der Waals surface area contributed by atoms with Crippen molar-refractivity contribution in [3.05, 3.63) is 65.3 Å². The Labute approximate surface area is 162 Å². The van der Waals surface area contributed by atoms with Gasteiger partial charge in [0.2, 0.25) is 0 Å². The average Bonchev–Trinajstić information content (AvgIpc) is 3.24. The summed E-state index contributed by atoms with van der Waals surface area (Å²) in [5.74, 6) is 0.0529. The molecule has 0 unspecified atom stereocenters. The number of anilines is 2. The zero-order valence-electron chi connectivity index (χ0n) is 15.3. The quantitative estimate of drug-likeness (QED) is 0.724. The largest absolute Gasteiger partial charge is 0.360 e. The number of carbonyl (C=O) groups excluding carboxylic acids is 1. The number of sulfonamides is 1. The fourth-order valence-electron chi connectivity index (χ4n) is 3.36. The van der Waals surface area contributed by atoms with Gasteiger partial charge in [0.05, 0.1) is 11.3 Å². The fourth-order valence-corrected chi connectivity index (χ4v) is 4.74. The summed E-state index contributed by atoms with van der Waals surface area (Å²) in [5, 5.41) is 3.70. The number of aromatic nitrogens is 2. The molecular formula is C19H18N4O4S. The Morgan fingerprint density at radius 3 is 2.75 bits per heavy atom. The molecule has 8 nitrogen and oxygen atoms in total. The number of rotatable bonds is 4. The van der Waals surface area contributed by atoms with Crippen molar-refractivity contribution in [2.24, 2.45) is 0 Å². The Bertz CT molecular complexity index is 1140. The lowest BCUT2D eigenvalue weighted by molar-refractivity contribution is 0.0989. The molecule has 0 bridgehead atoms. The third-order valence-corrected chi connectivity index (χ3v) is 6.25. The van der Waals surface area contributed by atoms with Crippen molar-refractivity contribution in [1.82, 2.24) is 10.1 Å². The molecule has 0 saturated carbocycles. The second-order valence-electron chi connectivity index (χ2n) is 6.55. The van der Waals surface area contributed by atoms with Crippen LogP contribution in [-0.2, 0) is 16.4 Å². The van der Waals surface area contributed by atoms with Crippen LogP contribution in [-0.4, -0.2) is 31.0 Å². The van der Waals surface area contributed by atoms with Crippen LogP contribution in [0.2, 0.25) is 0 Å². The summed E-state index contributed by atoms with van der Waals surface area (Å²) >= 11 is 0. The molecule has 3 heterocycles. The van der Waals surface area contributed by atoms with Crippen LogP contribution in [0.5, 0.6) is 0 Å². The maximum atomic E-state index is 12.8. The van der Waals surface area contributed by atoms with Gasteiger partial charge in [-0.25, -0.2) is 8.42 Å². The van der Waals surface area contributed by atoms with E-state index in [1.807, 2.05) is 6.07 Å². The summed E-state index contributed by atoms with van der Waals surface area (Å²) in [6.45, 7) is 3.65. The molecule has 1 aliphatic rings. The molecule has 1 amide bonds. The molecular weight excluding hydrogens is 380 g/mol. The third-order valence-electron chi connectivity index (χ3n) is 4.62. The molecule has 3 aromatic rings. The number of hydrogen-bond acceptors (Lipinski definition) is 6. The highest BCUT2D eigenvalue weighted by molar-refractivity contribution is 7.92. The summed E-state index contributed by atoms with van der Waals surface area (Å²) in [6.07, 6.45) is 3.83. The Morgan fingerprint density at radius 2 is 2.07 bits per heavy atom. The van der Waals surface area contributed by atoms with Gasteiger partial charge >= 0.3 is 0 Å². The number of fused-ring (bicyclic) bond motifs is 1. The number of pyridine rings is 1. The monoisotopic (exact) mass is 398 g/mol. The Morgan fingerprint density at radius 1 is 1.25 bits per heavy atom. The summed E-state index contributed by atoms with van der Waals surface area (Å²) in [4.78, 5) is 18.5. The topological polar surface area (TPSA) is 105 Å². The maximum absolute atomic E-state index is 12.8. The molecule has 0 aliphatic carbocycles. The Kier molecular flexibility index (Phi) is 4.38. The maximum Gasteiger partial charge on any atom is 0.267 e. The SMILES string of the molecule is Cc1noc(C)c1S(=O)(=O)Nc1ccc2c(c1)N(C(=O)c1cccnc1)CC2. The van der Waals surface area contributed by atoms with Crippen LogP contribution >= 0.6 is 0 Å². The van der Waals surface area contributed by atoms with Gasteiger partial charge in [-0.05, 0) is 50.1 Å². The molecule has 0 radical (unpaired) electrons. The molecule has 9 heteroatoms. The number of aryl methyl sites for hydroxylation is 2. The van der Waals surface area contributed by atoms with E-state index in [1.165, 1.54) is 6.20 Å². The van der Waals surface area contributed by atoms with Gasteiger partial charge in [0, 0.05) is 24.6 Å². The second kappa shape index (κ2) is 6.75. The van der Waals surface area contributed by atoms with Gasteiger partial charge in [0.25, 0.3) is 15.9 Å². The van der Waals surface area contributed by atoms with Gasteiger partial charge in [-0.1, -0.05) is 11.2 Å². The highest BCUT2D eigenvalue weighted by Gasteiger charge is 2.28. The normalized spacial score (nSPS) is 13.4. The van der Waals surface area contributed by atoms with Crippen LogP contribution in [0.4, 0.5) is 11.4 Å². The van der Waals surface area contributed by atoms with Crippen molar-refractivity contribution in [1.29, 1.82) is 0 Å². The van der Waals surface area contributed by atoms with Gasteiger partial charge in [-0.15, -0.1) is 0 Å². The number of hydrogen-bond donors (Lipinski definition) is 1. The van der Waals surface area contributed by atoms with Gasteiger partial charge in [-0.2, -0.15) is 0 Å². The van der Waals surface area contributed by atoms with Crippen molar-refractivity contribution < 1.29 is 17.7 Å². The van der Waals surface area contributed by atoms with Crippen molar-refractivity contribution >= 4 is 27.3 Å². The van der Waals surface area contributed by atoms with Crippen LogP contribution < -0.4 is 9.62 Å². The average molecular weight is 398 g/mol. The molecule has 2 aromatic heterocycles. The molecule has 0 atom stereocenters. The molecule has 144 valence electrons. The lowest BCUT2D eigenvalue weighted by Crippen LogP contribution is -2.29. The summed E-state index contributed by atoms with van der Waals surface area (Å²) in [7, 11) is -3.86. The molecule has 4 rings (SSSR count). The van der Waals surface area contributed by atoms with E-state index in [1.54, 1.807) is 49.2 Å². The molecule has 0 saturated heterocycles. The number of amides is 1. The number of carbonyl (C=O) groups is 1. The van der Waals surface area contributed by atoms with E-state index < -0.39 is 10.0 Å². The molecule has 1 aromatic carbocycles. The summed E-state index contributed by atoms with van der Waals surface area (Å²) < 4.78 is 33.0. The van der Waals surface area contributed by atoms with Crippen molar-refractivity contribution in [2.45, 2.75) is 25.2 Å². The molecule has 28 heavy (non-hydrogen) atoms. The van der Waals surface area contributed by atoms with Gasteiger partial charge in [0.1, 0.15) is 5.69 Å². The first-order chi connectivity index (χ1) is 13.4. The first-order valence-electron chi connectivity index (χ1n) is 8.67. The molecule has 1 N–H and O–H groups in total. The summed E-state index contributed by atoms with van der Waals surface area (Å²) in [6, 6.07) is 8.60. The third kappa shape index (κ3) is 3.13. The minimum atomic E-state index is -3.86. The highest BCUT2D eigenvalue weighted by Crippen LogP contribution is 2.33. The van der Waals surface area contributed by atoms with E-state index >= 15 is 0 Å². The van der Waals surface area contributed by atoms with E-state index in [0.29, 0.717) is 35.6 Å². The lowest BCUT2D eigenvalue weighted by atomic mass is 10.1. The number of nitrogens with one attached hydrogen (secondary N) is 1. The predicted molar refractivity (Wildman–Crippen MR) is 103 cm³/mol. The standard InChI is InChI=1S/C19H18N4O4S/c1-12-18(13(2)27-21-12)28(25,26)22-16-6-5-14-7-9-23(17(14)10-16)19(24)15-4-3-8-20-11-15/h3-6,8,10-11,22H,7,9H2,1-2H3. The Hall–Kier alpha value is -3.20. The predicted octanol–water partition coefficient (Wildman–Crippen LogP) is 2.69. The van der Waals surface area contributed by atoms with Gasteiger partial charge < -0.3 is 9.42 Å². The van der Waals surface area contributed by atoms with E-state index in [0.717, 1.165) is 5.56 Å². The van der Waals surface area contributed by atoms with E-state index in [9.17, 15) is 13.2 Å². The second-order valence-corrected chi connectivity index (χ2v) is 8.17. The van der Waals surface area contributed by atoms with E-state index in [-0.39, 0.29) is 16.6 Å². The fraction of sp³-hybridized carbons (Fsp3) is 0.211. The zero-order chi connectivity index (χ0) is 19.9. The van der Waals surface area contributed by atoms with Crippen LogP contribution in [0.25, 0.3) is 0 Å². The van der Waals surface area contributed by atoms with Crippen molar-refractivity contribution in [3.63, 3.8) is 0 Å². The van der Waals surface area contributed by atoms with Crippen LogP contribution in [0.1, 0.15) is 27.4 Å². The zero-order valence-corrected chi connectivity index (χ0v) is 16.2. The first kappa shape index (κ1) is 18.2. The molecule has 0 spiro atoms. The van der Waals surface area contributed by atoms with E-state index in [2.05, 4.69) is 14.9 Å². The van der Waals surface area contributed by atoms with Crippen molar-refractivity contribution in [2.75, 3.05) is 16.2 Å². The molecule has 0 fully saturated rings. The first-order valence-corrected chi connectivity index (χ1v) is 10.2. The number of benzene rings is 1. The van der Waals surface area contributed by atoms with E-state index in [4.69, 9.17) is 4.52 Å². The summed E-state index contributed by atoms with van der Waals surface area (Å²) in [5.41, 5.74) is 2.81. The Balaban J connectivity index is 1.65. The minimum absolute atomic E-state index is 0.0243. The molecule has 1 aliphatic heterocycles. The van der Waals surface area contributed by atoms with Gasteiger partial charge in [-0.3, -0.25) is 14.5 Å². The smallest absolute Gasteiger partial charge is 0.267 e. The minimum Gasteiger partial charge on any atom is -0.360 e. The highest BCUT2D eigenvalue weighted by atomic mass is 32.2. The van der Waals surface area contributed by atoms with Crippen molar-refractivity contribution in [3.8, 4) is 0 Å². The van der Waals surface area contributed by atoms with Gasteiger partial charge in [0.15, 0.2) is 10.7 Å². The number of nitrogens with zero attached hydrogens (tertiary/aromatic N) is 3. The van der Waals surface area contributed by atoms with Crippen LogP contribution in [0, 0.1) is 13.8 Å². The van der Waals surface area contributed by atoms with Crippen LogP contribution in [0.15, 0.2) is 52.1 Å².